The van der Waals surface area contributed by atoms with Crippen LogP contribution in [0, 0.1) is 17.2 Å². The molecule has 94 valence electrons. The van der Waals surface area contributed by atoms with E-state index in [1.807, 2.05) is 6.07 Å². The number of halogens is 1. The van der Waals surface area contributed by atoms with Gasteiger partial charge in [-0.25, -0.2) is 0 Å². The molecule has 1 aromatic carbocycles. The van der Waals surface area contributed by atoms with E-state index in [-0.39, 0.29) is 12.5 Å². The van der Waals surface area contributed by atoms with Crippen LogP contribution in [0.4, 0.5) is 0 Å². The molecule has 0 spiro atoms. The number of benzene rings is 1. The number of hydrogen-bond acceptors (Lipinski definition) is 4. The minimum atomic E-state index is -0.738. The molecule has 0 radical (unpaired) electrons. The average Bonchev–Trinajstić information content (AvgIpc) is 2.37. The van der Waals surface area contributed by atoms with E-state index in [2.05, 4.69) is 0 Å². The van der Waals surface area contributed by atoms with Crippen molar-refractivity contribution in [3.8, 4) is 11.8 Å². The third-order valence-electron chi connectivity index (χ3n) is 2.74. The van der Waals surface area contributed by atoms with Gasteiger partial charge in [-0.2, -0.15) is 5.26 Å². The second-order valence-corrected chi connectivity index (χ2v) is 4.61. The molecule has 5 heteroatoms. The first-order chi connectivity index (χ1) is 8.60. The van der Waals surface area contributed by atoms with Gasteiger partial charge in [0.1, 0.15) is 18.4 Å². The summed E-state index contributed by atoms with van der Waals surface area (Å²) in [5.41, 5.74) is 0.889. The lowest BCUT2D eigenvalue weighted by Gasteiger charge is -2.24. The van der Waals surface area contributed by atoms with Crippen LogP contribution in [0.3, 0.4) is 0 Å². The lowest BCUT2D eigenvalue weighted by molar-refractivity contribution is -0.152. The van der Waals surface area contributed by atoms with E-state index < -0.39 is 12.1 Å². The first-order valence-electron chi connectivity index (χ1n) is 5.61. The molecule has 0 fully saturated rings. The Morgan fingerprint density at radius 3 is 3.17 bits per heavy atom. The first kappa shape index (κ1) is 12.7. The third-order valence-corrected chi connectivity index (χ3v) is 2.97. The number of ether oxygens (including phenoxy) is 2. The molecule has 0 aliphatic carbocycles. The zero-order valence-corrected chi connectivity index (χ0v) is 10.6. The van der Waals surface area contributed by atoms with E-state index in [0.29, 0.717) is 11.4 Å². The summed E-state index contributed by atoms with van der Waals surface area (Å²) in [6.07, 6.45) is -0.217. The van der Waals surface area contributed by atoms with Gasteiger partial charge in [0.15, 0.2) is 6.10 Å². The maximum atomic E-state index is 11.8. The number of rotatable bonds is 2. The normalized spacial score (nSPS) is 19.1. The van der Waals surface area contributed by atoms with Crippen LogP contribution in [-0.2, 0) is 16.0 Å². The van der Waals surface area contributed by atoms with Crippen LogP contribution in [0.2, 0.25) is 5.02 Å². The Morgan fingerprint density at radius 2 is 2.44 bits per heavy atom. The van der Waals surface area contributed by atoms with Gasteiger partial charge in [0.05, 0.1) is 5.92 Å². The predicted octanol–water partition coefficient (Wildman–Crippen LogP) is 2.35. The van der Waals surface area contributed by atoms with Gasteiger partial charge in [-0.05, 0) is 37.1 Å². The lowest BCUT2D eigenvalue weighted by atomic mass is 9.97. The van der Waals surface area contributed by atoms with Crippen LogP contribution in [-0.4, -0.2) is 18.7 Å². The molecule has 18 heavy (non-hydrogen) atoms. The van der Waals surface area contributed by atoms with E-state index in [9.17, 15) is 4.79 Å². The van der Waals surface area contributed by atoms with Crippen LogP contribution >= 0.6 is 11.6 Å². The van der Waals surface area contributed by atoms with Gasteiger partial charge in [-0.15, -0.1) is 0 Å². The summed E-state index contributed by atoms with van der Waals surface area (Å²) in [7, 11) is 0. The van der Waals surface area contributed by atoms with Crippen LogP contribution in [0.25, 0.3) is 0 Å². The Hall–Kier alpha value is -1.73. The SMILES string of the molecule is C[C@H](C#N)OC(=O)[C@H]1COc2ccc(Cl)cc2C1. The van der Waals surface area contributed by atoms with Crippen molar-refractivity contribution in [3.63, 3.8) is 0 Å². The highest BCUT2D eigenvalue weighted by atomic mass is 35.5. The quantitative estimate of drug-likeness (QED) is 0.770. The Labute approximate surface area is 110 Å². The molecule has 0 aromatic heterocycles. The lowest BCUT2D eigenvalue weighted by Crippen LogP contribution is -2.31. The van der Waals surface area contributed by atoms with Crippen molar-refractivity contribution in [1.29, 1.82) is 5.26 Å². The number of carbonyl (C=O) groups is 1. The largest absolute Gasteiger partial charge is 0.492 e. The number of carbonyl (C=O) groups excluding carboxylic acids is 1. The van der Waals surface area contributed by atoms with Crippen molar-refractivity contribution < 1.29 is 14.3 Å². The summed E-state index contributed by atoms with van der Waals surface area (Å²) in [6, 6.07) is 7.18. The molecule has 0 unspecified atom stereocenters. The standard InChI is InChI=1S/C13H12ClNO3/c1-8(6-15)18-13(16)10-4-9-5-11(14)2-3-12(9)17-7-10/h2-3,5,8,10H,4,7H2,1H3/t8-,10-/m1/s1. The maximum absolute atomic E-state index is 11.8. The molecule has 0 N–H and O–H groups in total. The highest BCUT2D eigenvalue weighted by molar-refractivity contribution is 6.30. The average molecular weight is 266 g/mol. The molecule has 2 atom stereocenters. The van der Waals surface area contributed by atoms with Crippen LogP contribution in [0.5, 0.6) is 5.75 Å². The van der Waals surface area contributed by atoms with Crippen molar-refractivity contribution >= 4 is 17.6 Å². The number of fused-ring (bicyclic) bond motifs is 1. The minimum absolute atomic E-state index is 0.269. The molecule has 1 aliphatic heterocycles. The van der Waals surface area contributed by atoms with E-state index in [4.69, 9.17) is 26.3 Å². The molecule has 0 saturated carbocycles. The second-order valence-electron chi connectivity index (χ2n) is 4.17. The fourth-order valence-corrected chi connectivity index (χ4v) is 2.01. The summed E-state index contributed by atoms with van der Waals surface area (Å²) in [6.45, 7) is 1.80. The summed E-state index contributed by atoms with van der Waals surface area (Å²) in [4.78, 5) is 11.8. The van der Waals surface area contributed by atoms with Crippen molar-refractivity contribution in [2.75, 3.05) is 6.61 Å². The summed E-state index contributed by atoms with van der Waals surface area (Å²) >= 11 is 5.90. The zero-order chi connectivity index (χ0) is 13.1. The van der Waals surface area contributed by atoms with E-state index >= 15 is 0 Å². The van der Waals surface area contributed by atoms with E-state index in [1.165, 1.54) is 6.92 Å². The number of hydrogen-bond donors (Lipinski definition) is 0. The van der Waals surface area contributed by atoms with Crippen molar-refractivity contribution in [2.24, 2.45) is 5.92 Å². The molecule has 1 aliphatic rings. The molecular weight excluding hydrogens is 254 g/mol. The van der Waals surface area contributed by atoms with Gasteiger partial charge in [0, 0.05) is 5.02 Å². The highest BCUT2D eigenvalue weighted by Gasteiger charge is 2.28. The molecule has 1 aromatic rings. The molecule has 4 nitrogen and oxygen atoms in total. The number of esters is 1. The highest BCUT2D eigenvalue weighted by Crippen LogP contribution is 2.30. The van der Waals surface area contributed by atoms with E-state index in [0.717, 1.165) is 11.3 Å². The fraction of sp³-hybridized carbons (Fsp3) is 0.385. The second kappa shape index (κ2) is 5.28. The van der Waals surface area contributed by atoms with Gasteiger partial charge >= 0.3 is 5.97 Å². The van der Waals surface area contributed by atoms with Crippen molar-refractivity contribution in [3.05, 3.63) is 28.8 Å². The van der Waals surface area contributed by atoms with Gasteiger partial charge < -0.3 is 9.47 Å². The Bertz CT molecular complexity index is 509. The molecule has 0 amide bonds. The van der Waals surface area contributed by atoms with E-state index in [1.54, 1.807) is 18.2 Å². The van der Waals surface area contributed by atoms with Gasteiger partial charge in [0.2, 0.25) is 0 Å². The summed E-state index contributed by atoms with van der Waals surface area (Å²) in [5, 5.41) is 9.21. The predicted molar refractivity (Wildman–Crippen MR) is 65.3 cm³/mol. The number of nitrogens with zero attached hydrogens (tertiary/aromatic N) is 1. The number of nitriles is 1. The molecule has 0 saturated heterocycles. The molecule has 1 heterocycles. The van der Waals surface area contributed by atoms with Crippen molar-refractivity contribution in [1.82, 2.24) is 0 Å². The van der Waals surface area contributed by atoms with Crippen LogP contribution in [0.1, 0.15) is 12.5 Å². The zero-order valence-electron chi connectivity index (χ0n) is 9.85. The summed E-state index contributed by atoms with van der Waals surface area (Å²) < 4.78 is 10.5. The monoisotopic (exact) mass is 265 g/mol. The maximum Gasteiger partial charge on any atom is 0.314 e. The topological polar surface area (TPSA) is 59.3 Å². The van der Waals surface area contributed by atoms with Crippen LogP contribution in [0.15, 0.2) is 18.2 Å². The van der Waals surface area contributed by atoms with Gasteiger partial charge in [0.25, 0.3) is 0 Å². The molecular formula is C13H12ClNO3. The Morgan fingerprint density at radius 1 is 1.67 bits per heavy atom. The van der Waals surface area contributed by atoms with Crippen molar-refractivity contribution in [2.45, 2.75) is 19.4 Å². The van der Waals surface area contributed by atoms with Crippen LogP contribution < -0.4 is 4.74 Å². The first-order valence-corrected chi connectivity index (χ1v) is 5.99. The van der Waals surface area contributed by atoms with Gasteiger partial charge in [-0.1, -0.05) is 11.6 Å². The smallest absolute Gasteiger partial charge is 0.314 e. The third kappa shape index (κ3) is 2.74. The minimum Gasteiger partial charge on any atom is -0.492 e. The molecule has 0 bridgehead atoms. The molecule has 2 rings (SSSR count). The Balaban J connectivity index is 2.07. The summed E-state index contributed by atoms with van der Waals surface area (Å²) in [5.74, 6) is -0.0433. The Kier molecular flexibility index (Phi) is 3.73. The van der Waals surface area contributed by atoms with Gasteiger partial charge in [-0.3, -0.25) is 4.79 Å². The fourth-order valence-electron chi connectivity index (χ4n) is 1.81.